The summed E-state index contributed by atoms with van der Waals surface area (Å²) in [5.41, 5.74) is 1.40. The minimum Gasteiger partial charge on any atom is -0.340 e. The lowest BCUT2D eigenvalue weighted by atomic mass is 10.1. The first-order valence-electron chi connectivity index (χ1n) is 7.84. The van der Waals surface area contributed by atoms with Crippen molar-refractivity contribution in [2.24, 2.45) is 0 Å². The van der Waals surface area contributed by atoms with Crippen LogP contribution in [0.15, 0.2) is 42.7 Å². The van der Waals surface area contributed by atoms with Crippen LogP contribution in [0.4, 0.5) is 5.95 Å². The minimum atomic E-state index is 0.485. The fraction of sp³-hybridized carbons (Fsp3) is 0.471. The Balaban J connectivity index is 1.63. The Morgan fingerprint density at radius 2 is 1.81 bits per heavy atom. The number of piperazine rings is 1. The molecule has 0 amide bonds. The number of nitrogens with zero attached hydrogens (tertiary/aromatic N) is 4. The molecule has 1 aromatic carbocycles. The predicted molar refractivity (Wildman–Crippen MR) is 86.5 cm³/mol. The molecule has 1 aliphatic rings. The maximum Gasteiger partial charge on any atom is 0.205 e. The van der Waals surface area contributed by atoms with Crippen molar-refractivity contribution >= 4 is 5.95 Å². The Labute approximate surface area is 127 Å². The van der Waals surface area contributed by atoms with Gasteiger partial charge in [-0.25, -0.2) is 4.98 Å². The highest BCUT2D eigenvalue weighted by Gasteiger charge is 2.23. The molecule has 0 aliphatic carbocycles. The summed E-state index contributed by atoms with van der Waals surface area (Å²) in [7, 11) is 0. The van der Waals surface area contributed by atoms with E-state index in [1.807, 2.05) is 6.20 Å². The van der Waals surface area contributed by atoms with E-state index in [-0.39, 0.29) is 0 Å². The number of hydrogen-bond donors (Lipinski definition) is 0. The van der Waals surface area contributed by atoms with Gasteiger partial charge in [-0.3, -0.25) is 4.90 Å². The molecule has 0 N–H and O–H groups in total. The Morgan fingerprint density at radius 3 is 2.48 bits per heavy atom. The number of aromatic nitrogens is 2. The van der Waals surface area contributed by atoms with Gasteiger partial charge < -0.3 is 9.47 Å². The summed E-state index contributed by atoms with van der Waals surface area (Å²) in [6.45, 7) is 9.73. The predicted octanol–water partition coefficient (Wildman–Crippen LogP) is 2.79. The molecule has 4 nitrogen and oxygen atoms in total. The van der Waals surface area contributed by atoms with Crippen LogP contribution in [-0.4, -0.2) is 40.6 Å². The lowest BCUT2D eigenvalue weighted by Crippen LogP contribution is -2.48. The first kappa shape index (κ1) is 14.1. The normalized spacial score (nSPS) is 17.9. The van der Waals surface area contributed by atoms with Crippen LogP contribution in [-0.2, 0) is 6.54 Å². The fourth-order valence-electron chi connectivity index (χ4n) is 3.08. The number of imidazole rings is 1. The quantitative estimate of drug-likeness (QED) is 0.863. The lowest BCUT2D eigenvalue weighted by Gasteiger charge is -2.38. The average Bonchev–Trinajstić information content (AvgIpc) is 3.04. The highest BCUT2D eigenvalue weighted by molar-refractivity contribution is 5.32. The highest BCUT2D eigenvalue weighted by Crippen LogP contribution is 2.23. The van der Waals surface area contributed by atoms with Crippen LogP contribution < -0.4 is 4.90 Å². The Hall–Kier alpha value is -1.81. The summed E-state index contributed by atoms with van der Waals surface area (Å²) >= 11 is 0. The molecule has 1 aromatic heterocycles. The SMILES string of the molecule is CCn1ccnc1N1CCN(C(C)c2ccccc2)CC1. The molecule has 21 heavy (non-hydrogen) atoms. The van der Waals surface area contributed by atoms with E-state index in [9.17, 15) is 0 Å². The van der Waals surface area contributed by atoms with Crippen LogP contribution in [0, 0.1) is 0 Å². The molecular weight excluding hydrogens is 260 g/mol. The maximum atomic E-state index is 4.51. The molecule has 4 heteroatoms. The van der Waals surface area contributed by atoms with Gasteiger partial charge in [0.25, 0.3) is 0 Å². The molecular formula is C17H24N4. The van der Waals surface area contributed by atoms with Crippen molar-refractivity contribution in [1.29, 1.82) is 0 Å². The van der Waals surface area contributed by atoms with Crippen molar-refractivity contribution in [1.82, 2.24) is 14.5 Å². The van der Waals surface area contributed by atoms with Gasteiger partial charge in [0, 0.05) is 51.2 Å². The number of benzene rings is 1. The molecule has 1 saturated heterocycles. The van der Waals surface area contributed by atoms with Crippen LogP contribution in [0.25, 0.3) is 0 Å². The molecule has 112 valence electrons. The fourth-order valence-corrected chi connectivity index (χ4v) is 3.08. The Morgan fingerprint density at radius 1 is 1.10 bits per heavy atom. The molecule has 1 unspecified atom stereocenters. The smallest absolute Gasteiger partial charge is 0.205 e. The van der Waals surface area contributed by atoms with Gasteiger partial charge in [0.05, 0.1) is 0 Å². The van der Waals surface area contributed by atoms with Gasteiger partial charge in [-0.1, -0.05) is 30.3 Å². The zero-order valence-electron chi connectivity index (χ0n) is 12.9. The van der Waals surface area contributed by atoms with E-state index in [2.05, 4.69) is 69.7 Å². The molecule has 0 saturated carbocycles. The standard InChI is InChI=1S/C17H24N4/c1-3-19-10-9-18-17(19)21-13-11-20(12-14-21)15(2)16-7-5-4-6-8-16/h4-10,15H,3,11-14H2,1-2H3. The van der Waals surface area contributed by atoms with Gasteiger partial charge in [0.1, 0.15) is 0 Å². The summed E-state index contributed by atoms with van der Waals surface area (Å²) in [6.07, 6.45) is 3.96. The number of anilines is 1. The Kier molecular flexibility index (Phi) is 4.25. The van der Waals surface area contributed by atoms with Crippen LogP contribution in [0.5, 0.6) is 0 Å². The second kappa shape index (κ2) is 6.31. The molecule has 1 aliphatic heterocycles. The van der Waals surface area contributed by atoms with E-state index in [1.165, 1.54) is 5.56 Å². The first-order valence-corrected chi connectivity index (χ1v) is 7.84. The third kappa shape index (κ3) is 2.95. The van der Waals surface area contributed by atoms with Gasteiger partial charge in [-0.15, -0.1) is 0 Å². The zero-order valence-corrected chi connectivity index (χ0v) is 12.9. The van der Waals surface area contributed by atoms with Crippen molar-refractivity contribution in [2.45, 2.75) is 26.4 Å². The van der Waals surface area contributed by atoms with Gasteiger partial charge in [-0.2, -0.15) is 0 Å². The molecule has 3 rings (SSSR count). The van der Waals surface area contributed by atoms with E-state index >= 15 is 0 Å². The topological polar surface area (TPSA) is 24.3 Å². The first-order chi connectivity index (χ1) is 10.3. The Bertz CT molecular complexity index is 555. The van der Waals surface area contributed by atoms with Crippen LogP contribution in [0.2, 0.25) is 0 Å². The maximum absolute atomic E-state index is 4.51. The van der Waals surface area contributed by atoms with Crippen molar-refractivity contribution in [3.05, 3.63) is 48.3 Å². The van der Waals surface area contributed by atoms with Crippen LogP contribution in [0.3, 0.4) is 0 Å². The molecule has 1 fully saturated rings. The molecule has 2 aromatic rings. The van der Waals surface area contributed by atoms with Crippen molar-refractivity contribution < 1.29 is 0 Å². The second-order valence-corrected chi connectivity index (χ2v) is 5.62. The summed E-state index contributed by atoms with van der Waals surface area (Å²) in [4.78, 5) is 9.47. The van der Waals surface area contributed by atoms with E-state index in [0.29, 0.717) is 6.04 Å². The van der Waals surface area contributed by atoms with Crippen molar-refractivity contribution in [2.75, 3.05) is 31.1 Å². The summed E-state index contributed by atoms with van der Waals surface area (Å²) in [5, 5.41) is 0. The minimum absolute atomic E-state index is 0.485. The highest BCUT2D eigenvalue weighted by atomic mass is 15.4. The summed E-state index contributed by atoms with van der Waals surface area (Å²) < 4.78 is 2.22. The van der Waals surface area contributed by atoms with Gasteiger partial charge >= 0.3 is 0 Å². The largest absolute Gasteiger partial charge is 0.340 e. The number of aryl methyl sites for hydroxylation is 1. The molecule has 2 heterocycles. The molecule has 1 atom stereocenters. The number of hydrogen-bond acceptors (Lipinski definition) is 3. The molecule has 0 bridgehead atoms. The second-order valence-electron chi connectivity index (χ2n) is 5.62. The van der Waals surface area contributed by atoms with Gasteiger partial charge in [0.15, 0.2) is 0 Å². The summed E-state index contributed by atoms with van der Waals surface area (Å²) in [6, 6.07) is 11.3. The molecule has 0 radical (unpaired) electrons. The van der Waals surface area contributed by atoms with E-state index in [0.717, 1.165) is 38.7 Å². The van der Waals surface area contributed by atoms with Crippen LogP contribution >= 0.6 is 0 Å². The number of rotatable bonds is 4. The van der Waals surface area contributed by atoms with Gasteiger partial charge in [0.2, 0.25) is 5.95 Å². The monoisotopic (exact) mass is 284 g/mol. The van der Waals surface area contributed by atoms with E-state index in [4.69, 9.17) is 0 Å². The third-order valence-corrected chi connectivity index (χ3v) is 4.46. The molecule has 0 spiro atoms. The lowest BCUT2D eigenvalue weighted by molar-refractivity contribution is 0.197. The van der Waals surface area contributed by atoms with Crippen LogP contribution in [0.1, 0.15) is 25.5 Å². The van der Waals surface area contributed by atoms with Crippen molar-refractivity contribution in [3.63, 3.8) is 0 Å². The third-order valence-electron chi connectivity index (χ3n) is 4.46. The summed E-state index contributed by atoms with van der Waals surface area (Å²) in [5.74, 6) is 1.12. The zero-order chi connectivity index (χ0) is 14.7. The van der Waals surface area contributed by atoms with Gasteiger partial charge in [-0.05, 0) is 19.4 Å². The van der Waals surface area contributed by atoms with Crippen molar-refractivity contribution in [3.8, 4) is 0 Å². The van der Waals surface area contributed by atoms with E-state index in [1.54, 1.807) is 0 Å². The average molecular weight is 284 g/mol. The van der Waals surface area contributed by atoms with E-state index < -0.39 is 0 Å².